The lowest BCUT2D eigenvalue weighted by Gasteiger charge is -2.52. The van der Waals surface area contributed by atoms with Crippen molar-refractivity contribution in [2.45, 2.75) is 67.9 Å². The average Bonchev–Trinajstić information content (AvgIpc) is 3.30. The maximum Gasteiger partial charge on any atom is 0.415 e. The molecule has 1 aliphatic rings. The lowest BCUT2D eigenvalue weighted by atomic mass is 9.20. The van der Waals surface area contributed by atoms with Gasteiger partial charge in [0.05, 0.1) is 94.2 Å². The van der Waals surface area contributed by atoms with Crippen molar-refractivity contribution in [2.75, 3.05) is 13.1 Å². The number of hydrogen-bond acceptors (Lipinski definition) is 5. The van der Waals surface area contributed by atoms with Gasteiger partial charge in [-0.05, 0) is 34.2 Å². The number of halogens is 4. The van der Waals surface area contributed by atoms with Crippen molar-refractivity contribution in [2.24, 2.45) is 0 Å². The van der Waals surface area contributed by atoms with Gasteiger partial charge in [0.2, 0.25) is 5.91 Å². The summed E-state index contributed by atoms with van der Waals surface area (Å²) in [5.41, 5.74) is -11.7. The highest BCUT2D eigenvalue weighted by Crippen LogP contribution is 2.57. The van der Waals surface area contributed by atoms with Crippen molar-refractivity contribution >= 4 is 234 Å². The molecule has 6 nitrogen and oxygen atoms in total. The lowest BCUT2D eigenvalue weighted by Crippen LogP contribution is -2.67. The summed E-state index contributed by atoms with van der Waals surface area (Å²) in [5.74, 6) is -2.25. The number of benzene rings is 3. The highest BCUT2D eigenvalue weighted by atomic mass is 32.2. The number of alkyl halides is 3. The van der Waals surface area contributed by atoms with Crippen LogP contribution in [0, 0.1) is 5.82 Å². The monoisotopic (exact) mass is 886 g/mol. The van der Waals surface area contributed by atoms with Crippen molar-refractivity contribution in [3.63, 3.8) is 0 Å². The number of carbonyl (C=O) groups is 1. The molecule has 69 heavy (non-hydrogen) atoms. The van der Waals surface area contributed by atoms with Gasteiger partial charge in [-0.25, -0.2) is 4.39 Å². The Morgan fingerprint density at radius 1 is 0.667 bits per heavy atom. The second-order valence-electron chi connectivity index (χ2n) is 17.3. The van der Waals surface area contributed by atoms with Gasteiger partial charge < -0.3 is 14.4 Å². The summed E-state index contributed by atoms with van der Waals surface area (Å²) >= 11 is 0.700. The fraction of sp³-hybridized carbons (Fsp3) is 0.361. The van der Waals surface area contributed by atoms with Crippen LogP contribution in [0.15, 0.2) is 34.2 Å². The minimum atomic E-state index is -5.13. The molecule has 33 heteroatoms. The Balaban J connectivity index is 1.85. The van der Waals surface area contributed by atoms with E-state index in [0.717, 1.165) is 17.0 Å². The molecular formula is C36H16B22F4N4O2S. The van der Waals surface area contributed by atoms with Crippen LogP contribution in [-0.4, -0.2) is 222 Å². The standard InChI is InChI=1S/C36H16B22F4N4O2S/c1-29(45,46)65(30(2,47)48)8-7-64(33(53,54)14-21(41)17(37)12(18(38)22(14)42)13-19(39)23(43)15(35(60,61)62)24(44)20(13)40)27(68)34(55,56)66-25-16(31(49,50)36(57,58)32(25,51)52)26(67)63-28(66)69-9-10-3-5-11(59)6-4-10/h3-6H,7-9H2,1-2H3. The Hall–Kier alpha value is -2.53. The zero-order valence-corrected chi connectivity index (χ0v) is 38.0. The van der Waals surface area contributed by atoms with Crippen LogP contribution in [0.1, 0.15) is 41.8 Å². The fourth-order valence-corrected chi connectivity index (χ4v) is 9.22. The Morgan fingerprint density at radius 2 is 1.09 bits per heavy atom. The van der Waals surface area contributed by atoms with Crippen molar-refractivity contribution in [3.8, 4) is 11.1 Å². The van der Waals surface area contributed by atoms with E-state index in [2.05, 4.69) is 4.98 Å². The largest absolute Gasteiger partial charge is 0.415 e. The Kier molecular flexibility index (Phi) is 15.6. The summed E-state index contributed by atoms with van der Waals surface area (Å²) < 4.78 is 56.7. The molecule has 3 aromatic carbocycles. The van der Waals surface area contributed by atoms with Gasteiger partial charge in [0.1, 0.15) is 84.3 Å². The van der Waals surface area contributed by atoms with Crippen LogP contribution in [-0.2, 0) is 37.8 Å². The van der Waals surface area contributed by atoms with Crippen molar-refractivity contribution in [1.82, 2.24) is 19.4 Å². The quantitative estimate of drug-likeness (QED) is 0.0579. The molecule has 0 bridgehead atoms. The van der Waals surface area contributed by atoms with E-state index in [1.807, 2.05) is 0 Å². The van der Waals surface area contributed by atoms with Crippen LogP contribution in [0.25, 0.3) is 11.1 Å². The first-order chi connectivity index (χ1) is 31.0. The molecule has 0 atom stereocenters. The number of carbonyl (C=O) groups excluding carboxylic acids is 1. The second kappa shape index (κ2) is 18.7. The second-order valence-corrected chi connectivity index (χ2v) is 18.2. The van der Waals surface area contributed by atoms with Crippen molar-refractivity contribution < 1.29 is 22.4 Å². The van der Waals surface area contributed by atoms with E-state index in [4.69, 9.17) is 173 Å². The number of hydrogen-bond donors (Lipinski definition) is 0. The molecule has 4 aromatic rings. The lowest BCUT2D eigenvalue weighted by molar-refractivity contribution is -0.137. The predicted molar refractivity (Wildman–Crippen MR) is 286 cm³/mol. The molecule has 5 rings (SSSR count). The van der Waals surface area contributed by atoms with Gasteiger partial charge in [0.25, 0.3) is 5.56 Å². The zero-order chi connectivity index (χ0) is 53.1. The highest BCUT2D eigenvalue weighted by molar-refractivity contribution is 7.98. The number of fused-ring (bicyclic) bond motifs is 1. The van der Waals surface area contributed by atoms with Crippen LogP contribution < -0.4 is 49.3 Å². The van der Waals surface area contributed by atoms with Crippen molar-refractivity contribution in [1.29, 1.82) is 0 Å². The molecule has 0 aliphatic heterocycles. The third-order valence-electron chi connectivity index (χ3n) is 11.9. The van der Waals surface area contributed by atoms with E-state index < -0.39 is 156 Å². The third-order valence-corrected chi connectivity index (χ3v) is 12.9. The minimum Gasteiger partial charge on any atom is -0.348 e. The van der Waals surface area contributed by atoms with E-state index >= 15 is 4.79 Å². The van der Waals surface area contributed by atoms with Crippen LogP contribution in [0.3, 0.4) is 0 Å². The first-order valence-corrected chi connectivity index (χ1v) is 20.8. The molecule has 0 N–H and O–H groups in total. The number of thioether (sulfide) groups is 1. The van der Waals surface area contributed by atoms with Gasteiger partial charge in [-0.15, -0.1) is 5.21 Å². The molecule has 44 radical (unpaired) electrons. The SMILES string of the molecule is [B]c1c([B])c(C(F)(F)F)c([B])c([B])c1-c1c([B])c([B])c(C([B])([B])N(CCN(C([B])([B])C)C([B])([B])C)C(=O)C([B])([B])n2c(SCc3ccc(F)cc3)nc(=O)c3c2C([B])([B])C([B])([B])C3([B])[B])c([B])c1[B]. The third kappa shape index (κ3) is 9.63. The number of aromatic nitrogens is 2. The van der Waals surface area contributed by atoms with E-state index in [-0.39, 0.29) is 5.75 Å². The van der Waals surface area contributed by atoms with E-state index in [1.54, 1.807) is 0 Å². The Labute approximate surface area is 433 Å². The molecule has 1 aliphatic carbocycles. The fourth-order valence-electron chi connectivity index (χ4n) is 8.22. The average molecular weight is 882 g/mol. The smallest absolute Gasteiger partial charge is 0.348 e. The summed E-state index contributed by atoms with van der Waals surface area (Å²) in [4.78, 5) is 35.2. The van der Waals surface area contributed by atoms with Crippen LogP contribution >= 0.6 is 11.8 Å². The Bertz CT molecular complexity index is 2730. The first-order valence-electron chi connectivity index (χ1n) is 19.8. The van der Waals surface area contributed by atoms with Crippen molar-refractivity contribution in [3.05, 3.63) is 68.4 Å². The van der Waals surface area contributed by atoms with Crippen LogP contribution in [0.2, 0.25) is 5.21 Å². The topological polar surface area (TPSA) is 58.4 Å². The van der Waals surface area contributed by atoms with Gasteiger partial charge in [-0.1, -0.05) is 108 Å². The number of rotatable bonds is 13. The van der Waals surface area contributed by atoms with Gasteiger partial charge in [0.15, 0.2) is 5.16 Å². The predicted octanol–water partition coefficient (Wildman–Crippen LogP) is -9.60. The molecule has 292 valence electrons. The molecule has 0 fully saturated rings. The summed E-state index contributed by atoms with van der Waals surface area (Å²) in [6.45, 7) is 1.22. The minimum absolute atomic E-state index is 0.124. The summed E-state index contributed by atoms with van der Waals surface area (Å²) in [6, 6.07) is 5.07. The molecule has 1 heterocycles. The van der Waals surface area contributed by atoms with Gasteiger partial charge in [0, 0.05) is 41.0 Å². The summed E-state index contributed by atoms with van der Waals surface area (Å²) in [5, 5.41) is -18.3. The summed E-state index contributed by atoms with van der Waals surface area (Å²) in [7, 11) is 142. The van der Waals surface area contributed by atoms with Gasteiger partial charge in [-0.2, -0.15) is 18.2 Å². The zero-order valence-electron chi connectivity index (χ0n) is 37.2. The number of amides is 1. The van der Waals surface area contributed by atoms with Gasteiger partial charge in [-0.3, -0.25) is 9.59 Å². The van der Waals surface area contributed by atoms with E-state index in [9.17, 15) is 22.4 Å². The van der Waals surface area contributed by atoms with E-state index in [0.29, 0.717) is 26.8 Å². The molecule has 1 aromatic heterocycles. The molecule has 0 spiro atoms. The number of nitrogens with zero attached hydrogens (tertiary/aromatic N) is 4. The molecule has 1 amide bonds. The Morgan fingerprint density at radius 3 is 1.49 bits per heavy atom. The molecule has 0 saturated carbocycles. The maximum atomic E-state index is 15.6. The molecular weight excluding hydrogens is 866 g/mol. The van der Waals surface area contributed by atoms with Crippen LogP contribution in [0.4, 0.5) is 17.6 Å². The highest BCUT2D eigenvalue weighted by Gasteiger charge is 2.58. The summed E-state index contributed by atoms with van der Waals surface area (Å²) in [6.07, 6.45) is -5.13. The van der Waals surface area contributed by atoms with Gasteiger partial charge >= 0.3 is 6.18 Å². The molecule has 0 unspecified atom stereocenters. The first kappa shape index (κ1) is 57.4. The normalized spacial score (nSPS) is 15.8. The van der Waals surface area contributed by atoms with E-state index in [1.165, 1.54) is 26.0 Å². The van der Waals surface area contributed by atoms with Crippen LogP contribution in [0.5, 0.6) is 0 Å². The maximum absolute atomic E-state index is 15.6. The molecule has 0 saturated heterocycles.